The highest BCUT2D eigenvalue weighted by Crippen LogP contribution is 2.20. The zero-order valence-corrected chi connectivity index (χ0v) is 11.9. The zero-order valence-electron chi connectivity index (χ0n) is 11.9. The highest BCUT2D eigenvalue weighted by molar-refractivity contribution is 5.78. The second kappa shape index (κ2) is 7.43. The van der Waals surface area contributed by atoms with Gasteiger partial charge in [0.2, 0.25) is 5.91 Å². The number of nitrogens with one attached hydrogen (secondary N) is 1. The molecule has 112 valence electrons. The van der Waals surface area contributed by atoms with Crippen LogP contribution in [-0.2, 0) is 9.59 Å². The van der Waals surface area contributed by atoms with Crippen LogP contribution >= 0.6 is 0 Å². The highest BCUT2D eigenvalue weighted by Gasteiger charge is 2.29. The lowest BCUT2D eigenvalue weighted by atomic mass is 9.96. The minimum atomic E-state index is -0.750. The SMILES string of the molecule is O=C(O)CC1CN(CC(=O)NCCC2=CCCCC2)C1. The van der Waals surface area contributed by atoms with Gasteiger partial charge < -0.3 is 10.4 Å². The van der Waals surface area contributed by atoms with Crippen molar-refractivity contribution >= 4 is 11.9 Å². The Hall–Kier alpha value is -1.36. The summed E-state index contributed by atoms with van der Waals surface area (Å²) < 4.78 is 0. The zero-order chi connectivity index (χ0) is 14.4. The first kappa shape index (κ1) is 15.0. The molecule has 5 heteroatoms. The summed E-state index contributed by atoms with van der Waals surface area (Å²) in [5, 5.41) is 11.6. The van der Waals surface area contributed by atoms with E-state index in [2.05, 4.69) is 11.4 Å². The number of hydrogen-bond donors (Lipinski definition) is 2. The molecule has 1 aliphatic heterocycles. The fourth-order valence-corrected chi connectivity index (χ4v) is 2.94. The number of amides is 1. The number of carbonyl (C=O) groups is 2. The average Bonchev–Trinajstić information content (AvgIpc) is 2.37. The van der Waals surface area contributed by atoms with Gasteiger partial charge in [-0.1, -0.05) is 11.6 Å². The van der Waals surface area contributed by atoms with Crippen LogP contribution in [-0.4, -0.2) is 48.1 Å². The lowest BCUT2D eigenvalue weighted by Crippen LogP contribution is -2.51. The summed E-state index contributed by atoms with van der Waals surface area (Å²) in [5.74, 6) is -0.484. The lowest BCUT2D eigenvalue weighted by Gasteiger charge is -2.37. The van der Waals surface area contributed by atoms with Crippen molar-refractivity contribution in [3.8, 4) is 0 Å². The summed E-state index contributed by atoms with van der Waals surface area (Å²) in [6.45, 7) is 2.57. The molecule has 2 N–H and O–H groups in total. The van der Waals surface area contributed by atoms with Crippen LogP contribution in [0.4, 0.5) is 0 Å². The summed E-state index contributed by atoms with van der Waals surface area (Å²) >= 11 is 0. The molecule has 1 amide bonds. The molecule has 0 bridgehead atoms. The van der Waals surface area contributed by atoms with E-state index in [1.807, 2.05) is 4.90 Å². The van der Waals surface area contributed by atoms with Gasteiger partial charge >= 0.3 is 5.97 Å². The maximum atomic E-state index is 11.7. The van der Waals surface area contributed by atoms with Gasteiger partial charge in [0.05, 0.1) is 13.0 Å². The molecule has 5 nitrogen and oxygen atoms in total. The number of nitrogens with zero attached hydrogens (tertiary/aromatic N) is 1. The summed E-state index contributed by atoms with van der Waals surface area (Å²) in [4.78, 5) is 24.3. The molecule has 1 saturated heterocycles. The fraction of sp³-hybridized carbons (Fsp3) is 0.733. The van der Waals surface area contributed by atoms with E-state index >= 15 is 0 Å². The summed E-state index contributed by atoms with van der Waals surface area (Å²) in [7, 11) is 0. The van der Waals surface area contributed by atoms with Crippen molar-refractivity contribution in [2.24, 2.45) is 5.92 Å². The Morgan fingerprint density at radius 1 is 1.35 bits per heavy atom. The summed E-state index contributed by atoms with van der Waals surface area (Å²) in [6.07, 6.45) is 8.42. The van der Waals surface area contributed by atoms with Gasteiger partial charge in [-0.25, -0.2) is 0 Å². The number of rotatable bonds is 7. The number of likely N-dealkylation sites (tertiary alicyclic amines) is 1. The molecule has 1 aliphatic carbocycles. The molecule has 20 heavy (non-hydrogen) atoms. The molecule has 2 rings (SSSR count). The van der Waals surface area contributed by atoms with Gasteiger partial charge in [0.15, 0.2) is 0 Å². The van der Waals surface area contributed by atoms with E-state index in [4.69, 9.17) is 5.11 Å². The summed E-state index contributed by atoms with van der Waals surface area (Å²) in [6, 6.07) is 0. The van der Waals surface area contributed by atoms with E-state index < -0.39 is 5.97 Å². The largest absolute Gasteiger partial charge is 0.481 e. The second-order valence-corrected chi connectivity index (χ2v) is 5.87. The first-order chi connectivity index (χ1) is 9.63. The molecule has 2 aliphatic rings. The van der Waals surface area contributed by atoms with Gasteiger partial charge in [-0.05, 0) is 38.0 Å². The van der Waals surface area contributed by atoms with Crippen LogP contribution in [0.3, 0.4) is 0 Å². The monoisotopic (exact) mass is 280 g/mol. The average molecular weight is 280 g/mol. The molecule has 0 atom stereocenters. The van der Waals surface area contributed by atoms with Crippen LogP contribution in [0.15, 0.2) is 11.6 Å². The Morgan fingerprint density at radius 3 is 2.80 bits per heavy atom. The van der Waals surface area contributed by atoms with Crippen molar-refractivity contribution in [2.75, 3.05) is 26.2 Å². The Morgan fingerprint density at radius 2 is 2.15 bits per heavy atom. The minimum Gasteiger partial charge on any atom is -0.481 e. The minimum absolute atomic E-state index is 0.0511. The van der Waals surface area contributed by atoms with Gasteiger partial charge in [0.1, 0.15) is 0 Å². The van der Waals surface area contributed by atoms with Crippen molar-refractivity contribution < 1.29 is 14.7 Å². The van der Waals surface area contributed by atoms with Crippen molar-refractivity contribution in [1.29, 1.82) is 0 Å². The Kier molecular flexibility index (Phi) is 5.59. The van der Waals surface area contributed by atoms with E-state index in [9.17, 15) is 9.59 Å². The Labute approximate surface area is 120 Å². The quantitative estimate of drug-likeness (QED) is 0.692. The predicted molar refractivity (Wildman–Crippen MR) is 76.4 cm³/mol. The van der Waals surface area contributed by atoms with Crippen LogP contribution in [0.25, 0.3) is 0 Å². The van der Waals surface area contributed by atoms with Crippen molar-refractivity contribution in [3.63, 3.8) is 0 Å². The van der Waals surface area contributed by atoms with Gasteiger partial charge in [-0.3, -0.25) is 14.5 Å². The third-order valence-corrected chi connectivity index (χ3v) is 4.02. The third kappa shape index (κ3) is 4.96. The van der Waals surface area contributed by atoms with Gasteiger partial charge in [0.25, 0.3) is 0 Å². The maximum Gasteiger partial charge on any atom is 0.303 e. The van der Waals surface area contributed by atoms with Crippen LogP contribution in [0, 0.1) is 5.92 Å². The van der Waals surface area contributed by atoms with E-state index in [0.29, 0.717) is 6.54 Å². The van der Waals surface area contributed by atoms with Gasteiger partial charge in [-0.15, -0.1) is 0 Å². The molecule has 0 aromatic rings. The van der Waals surface area contributed by atoms with Gasteiger partial charge in [-0.2, -0.15) is 0 Å². The maximum absolute atomic E-state index is 11.7. The van der Waals surface area contributed by atoms with E-state index in [1.165, 1.54) is 31.3 Å². The number of aliphatic carboxylic acids is 1. The number of allylic oxidation sites excluding steroid dienone is 1. The topological polar surface area (TPSA) is 69.6 Å². The predicted octanol–water partition coefficient (Wildman–Crippen LogP) is 1.40. The molecular formula is C15H24N2O3. The molecule has 0 saturated carbocycles. The molecule has 0 aromatic heterocycles. The van der Waals surface area contributed by atoms with E-state index in [-0.39, 0.29) is 18.2 Å². The molecule has 0 unspecified atom stereocenters. The first-order valence-corrected chi connectivity index (χ1v) is 7.52. The normalized spacial score (nSPS) is 20.1. The van der Waals surface area contributed by atoms with Crippen LogP contribution in [0.5, 0.6) is 0 Å². The van der Waals surface area contributed by atoms with Gasteiger partial charge in [0, 0.05) is 19.6 Å². The van der Waals surface area contributed by atoms with Crippen molar-refractivity contribution in [2.45, 2.75) is 38.5 Å². The second-order valence-electron chi connectivity index (χ2n) is 5.87. The van der Waals surface area contributed by atoms with Crippen molar-refractivity contribution in [1.82, 2.24) is 10.2 Å². The molecule has 0 aromatic carbocycles. The molecule has 0 radical (unpaired) electrons. The number of hydrogen-bond acceptors (Lipinski definition) is 3. The van der Waals surface area contributed by atoms with Crippen LogP contribution < -0.4 is 5.32 Å². The number of carboxylic acid groups (broad SMARTS) is 1. The van der Waals surface area contributed by atoms with Crippen LogP contribution in [0.1, 0.15) is 38.5 Å². The number of carboxylic acids is 1. The standard InChI is InChI=1S/C15H24N2O3/c18-14(11-17-9-13(10-17)8-15(19)20)16-7-6-12-4-2-1-3-5-12/h4,13H,1-3,5-11H2,(H,16,18)(H,19,20). The highest BCUT2D eigenvalue weighted by atomic mass is 16.4. The smallest absolute Gasteiger partial charge is 0.303 e. The molecule has 1 fully saturated rings. The molecule has 1 heterocycles. The number of carbonyl (C=O) groups excluding carboxylic acids is 1. The third-order valence-electron chi connectivity index (χ3n) is 4.02. The van der Waals surface area contributed by atoms with E-state index in [0.717, 1.165) is 26.1 Å². The molecule has 0 spiro atoms. The molecular weight excluding hydrogens is 256 g/mol. The fourth-order valence-electron chi connectivity index (χ4n) is 2.94. The van der Waals surface area contributed by atoms with E-state index in [1.54, 1.807) is 0 Å². The van der Waals surface area contributed by atoms with Crippen LogP contribution in [0.2, 0.25) is 0 Å². The Balaban J connectivity index is 1.53. The summed E-state index contributed by atoms with van der Waals surface area (Å²) in [5.41, 5.74) is 1.47. The lowest BCUT2D eigenvalue weighted by molar-refractivity contribution is -0.139. The first-order valence-electron chi connectivity index (χ1n) is 7.52. The Bertz CT molecular complexity index is 387. The van der Waals surface area contributed by atoms with Crippen molar-refractivity contribution in [3.05, 3.63) is 11.6 Å².